The van der Waals surface area contributed by atoms with Gasteiger partial charge in [0.1, 0.15) is 0 Å². The third-order valence-electron chi connectivity index (χ3n) is 2.13. The summed E-state index contributed by atoms with van der Waals surface area (Å²) < 4.78 is 10.5. The number of aliphatic hydroxyl groups is 1. The molecule has 0 rings (SSSR count). The molecule has 4 nitrogen and oxygen atoms in total. The van der Waals surface area contributed by atoms with Gasteiger partial charge in [-0.15, -0.1) is 0 Å². The Morgan fingerprint density at radius 1 is 1.07 bits per heavy atom. The van der Waals surface area contributed by atoms with Gasteiger partial charge in [-0.25, -0.2) is 0 Å². The van der Waals surface area contributed by atoms with Crippen LogP contribution < -0.4 is 0 Å². The Hall–Kier alpha value is 0.110. The zero-order chi connectivity index (χ0) is 11.2. The van der Waals surface area contributed by atoms with E-state index in [1.54, 1.807) is 0 Å². The van der Waals surface area contributed by atoms with Gasteiger partial charge in [-0.3, -0.25) is 4.57 Å². The molecule has 5 heteroatoms. The second-order valence-electron chi connectivity index (χ2n) is 4.10. The highest BCUT2D eigenvalue weighted by molar-refractivity contribution is 7.52. The summed E-state index contributed by atoms with van der Waals surface area (Å²) in [5, 5.41) is 9.03. The highest BCUT2D eigenvalue weighted by Gasteiger charge is 2.24. The number of unbranched alkanes of at least 4 members (excludes halogenated alkanes) is 2. The van der Waals surface area contributed by atoms with Gasteiger partial charge in [0.15, 0.2) is 5.85 Å². The minimum Gasteiger partial charge on any atom is -0.380 e. The molecule has 0 spiro atoms. The molecule has 0 radical (unpaired) electrons. The molecule has 0 amide bonds. The standard InChI is InChI=1S/C9H21O4P/c1-8(2)6-4-3-5-7-9(10)14(11,12)13/h8-10H,3-7H2,1-2H3,(H2,11,12,13). The average molecular weight is 224 g/mol. The van der Waals surface area contributed by atoms with E-state index in [0.717, 1.165) is 19.3 Å². The molecule has 1 unspecified atom stereocenters. The van der Waals surface area contributed by atoms with Crippen molar-refractivity contribution in [3.63, 3.8) is 0 Å². The maximum absolute atomic E-state index is 10.5. The first kappa shape index (κ1) is 14.1. The molecule has 0 saturated carbocycles. The summed E-state index contributed by atoms with van der Waals surface area (Å²) in [6, 6.07) is 0. The molecular formula is C9H21O4P. The second-order valence-corrected chi connectivity index (χ2v) is 5.88. The van der Waals surface area contributed by atoms with Crippen molar-refractivity contribution in [2.75, 3.05) is 0 Å². The summed E-state index contributed by atoms with van der Waals surface area (Å²) in [6.45, 7) is 4.29. The van der Waals surface area contributed by atoms with Gasteiger partial charge in [0.2, 0.25) is 0 Å². The topological polar surface area (TPSA) is 77.8 Å². The van der Waals surface area contributed by atoms with Gasteiger partial charge in [0.25, 0.3) is 0 Å². The van der Waals surface area contributed by atoms with Gasteiger partial charge >= 0.3 is 7.60 Å². The Balaban J connectivity index is 3.42. The van der Waals surface area contributed by atoms with Crippen LogP contribution in [0.2, 0.25) is 0 Å². The van der Waals surface area contributed by atoms with Gasteiger partial charge < -0.3 is 14.9 Å². The molecule has 0 aromatic carbocycles. The summed E-state index contributed by atoms with van der Waals surface area (Å²) in [4.78, 5) is 17.2. The minimum absolute atomic E-state index is 0.197. The lowest BCUT2D eigenvalue weighted by molar-refractivity contribution is 0.190. The van der Waals surface area contributed by atoms with Crippen LogP contribution in [-0.2, 0) is 4.57 Å². The molecule has 86 valence electrons. The highest BCUT2D eigenvalue weighted by Crippen LogP contribution is 2.41. The van der Waals surface area contributed by atoms with Crippen LogP contribution in [-0.4, -0.2) is 20.7 Å². The van der Waals surface area contributed by atoms with E-state index in [9.17, 15) is 4.57 Å². The Morgan fingerprint density at radius 3 is 2.00 bits per heavy atom. The third kappa shape index (κ3) is 7.51. The lowest BCUT2D eigenvalue weighted by Gasteiger charge is -2.11. The number of hydrogen-bond donors (Lipinski definition) is 3. The summed E-state index contributed by atoms with van der Waals surface area (Å²) in [7, 11) is -4.27. The molecule has 14 heavy (non-hydrogen) atoms. The molecule has 0 bridgehead atoms. The van der Waals surface area contributed by atoms with Crippen molar-refractivity contribution in [3.8, 4) is 0 Å². The fourth-order valence-electron chi connectivity index (χ4n) is 1.22. The van der Waals surface area contributed by atoms with Crippen LogP contribution in [0.25, 0.3) is 0 Å². The number of rotatable bonds is 7. The van der Waals surface area contributed by atoms with Gasteiger partial charge in [-0.1, -0.05) is 39.5 Å². The predicted molar refractivity (Wildman–Crippen MR) is 56.0 cm³/mol. The molecule has 0 fully saturated rings. The largest absolute Gasteiger partial charge is 0.380 e. The Bertz CT molecular complexity index is 187. The molecule has 0 heterocycles. The number of hydrogen-bond acceptors (Lipinski definition) is 2. The van der Waals surface area contributed by atoms with Crippen LogP contribution in [0.15, 0.2) is 0 Å². The molecule has 3 N–H and O–H groups in total. The van der Waals surface area contributed by atoms with Crippen LogP contribution >= 0.6 is 7.60 Å². The van der Waals surface area contributed by atoms with Crippen molar-refractivity contribution in [1.29, 1.82) is 0 Å². The molecule has 0 aromatic rings. The van der Waals surface area contributed by atoms with E-state index < -0.39 is 13.4 Å². The molecule has 0 aromatic heterocycles. The Kier molecular flexibility index (Phi) is 6.62. The minimum atomic E-state index is -4.27. The Morgan fingerprint density at radius 2 is 1.57 bits per heavy atom. The summed E-state index contributed by atoms with van der Waals surface area (Å²) >= 11 is 0. The fourth-order valence-corrected chi connectivity index (χ4v) is 1.74. The molecule has 0 saturated heterocycles. The van der Waals surface area contributed by atoms with E-state index in [1.807, 2.05) is 0 Å². The fraction of sp³-hybridized carbons (Fsp3) is 1.00. The third-order valence-corrected chi connectivity index (χ3v) is 3.17. The summed E-state index contributed by atoms with van der Waals surface area (Å²) in [5.41, 5.74) is 0. The van der Waals surface area contributed by atoms with Gasteiger partial charge in [-0.2, -0.15) is 0 Å². The van der Waals surface area contributed by atoms with Gasteiger partial charge in [-0.05, 0) is 12.3 Å². The van der Waals surface area contributed by atoms with Crippen LogP contribution in [0.5, 0.6) is 0 Å². The molecule has 0 aliphatic carbocycles. The predicted octanol–water partition coefficient (Wildman–Crippen LogP) is 2.09. The van der Waals surface area contributed by atoms with E-state index in [4.69, 9.17) is 14.9 Å². The van der Waals surface area contributed by atoms with Crippen molar-refractivity contribution in [2.45, 2.75) is 51.8 Å². The molecule has 1 atom stereocenters. The van der Waals surface area contributed by atoms with E-state index in [-0.39, 0.29) is 6.42 Å². The van der Waals surface area contributed by atoms with E-state index in [2.05, 4.69) is 13.8 Å². The highest BCUT2D eigenvalue weighted by atomic mass is 31.2. The van der Waals surface area contributed by atoms with Crippen molar-refractivity contribution in [2.24, 2.45) is 5.92 Å². The SMILES string of the molecule is CC(C)CCCCCC(O)P(=O)(O)O. The first-order chi connectivity index (χ1) is 6.34. The quantitative estimate of drug-likeness (QED) is 0.457. The van der Waals surface area contributed by atoms with Crippen molar-refractivity contribution in [1.82, 2.24) is 0 Å². The van der Waals surface area contributed by atoms with E-state index >= 15 is 0 Å². The maximum atomic E-state index is 10.5. The van der Waals surface area contributed by atoms with E-state index in [1.165, 1.54) is 0 Å². The number of aliphatic hydroxyl groups excluding tert-OH is 1. The van der Waals surface area contributed by atoms with Gasteiger partial charge in [0, 0.05) is 0 Å². The van der Waals surface area contributed by atoms with Gasteiger partial charge in [0.05, 0.1) is 0 Å². The first-order valence-electron chi connectivity index (χ1n) is 5.07. The zero-order valence-electron chi connectivity index (χ0n) is 8.89. The van der Waals surface area contributed by atoms with Crippen molar-refractivity contribution < 1.29 is 19.5 Å². The second kappa shape index (κ2) is 6.57. The molecule has 0 aliphatic heterocycles. The normalized spacial score (nSPS) is 14.7. The van der Waals surface area contributed by atoms with Crippen molar-refractivity contribution in [3.05, 3.63) is 0 Å². The smallest absolute Gasteiger partial charge is 0.353 e. The lowest BCUT2D eigenvalue weighted by atomic mass is 10.0. The molecule has 0 aliphatic rings. The van der Waals surface area contributed by atoms with Crippen LogP contribution in [0.3, 0.4) is 0 Å². The monoisotopic (exact) mass is 224 g/mol. The summed E-state index contributed by atoms with van der Waals surface area (Å²) in [5.74, 6) is -0.803. The summed E-state index contributed by atoms with van der Waals surface area (Å²) in [6.07, 6.45) is 3.99. The first-order valence-corrected chi connectivity index (χ1v) is 6.75. The lowest BCUT2D eigenvalue weighted by Crippen LogP contribution is -2.06. The average Bonchev–Trinajstić information content (AvgIpc) is 2.01. The molecular weight excluding hydrogens is 203 g/mol. The van der Waals surface area contributed by atoms with E-state index in [0.29, 0.717) is 12.3 Å². The van der Waals surface area contributed by atoms with Crippen molar-refractivity contribution >= 4 is 7.60 Å². The van der Waals surface area contributed by atoms with Crippen LogP contribution in [0.4, 0.5) is 0 Å². The maximum Gasteiger partial charge on any atom is 0.353 e. The van der Waals surface area contributed by atoms with Crippen LogP contribution in [0.1, 0.15) is 46.0 Å². The Labute approximate surface area is 85.5 Å². The zero-order valence-corrected chi connectivity index (χ0v) is 9.78. The van der Waals surface area contributed by atoms with Crippen LogP contribution in [0, 0.1) is 5.92 Å².